The van der Waals surface area contributed by atoms with Crippen molar-refractivity contribution < 1.29 is 27.7 Å². The molecule has 6 nitrogen and oxygen atoms in total. The molecule has 3 atom stereocenters. The van der Waals surface area contributed by atoms with E-state index in [0.717, 1.165) is 31.2 Å². The lowest BCUT2D eigenvalue weighted by molar-refractivity contribution is -0.167. The van der Waals surface area contributed by atoms with Crippen LogP contribution in [0.3, 0.4) is 0 Å². The van der Waals surface area contributed by atoms with Crippen molar-refractivity contribution in [2.45, 2.75) is 130 Å². The fourth-order valence-electron chi connectivity index (χ4n) is 4.61. The fourth-order valence-corrected chi connectivity index (χ4v) is 6.34. The van der Waals surface area contributed by atoms with E-state index >= 15 is 0 Å². The average Bonchev–Trinajstić information content (AvgIpc) is 2.88. The van der Waals surface area contributed by atoms with Gasteiger partial charge in [0, 0.05) is 11.8 Å². The first-order chi connectivity index (χ1) is 18.3. The molecule has 0 aliphatic carbocycles. The second kappa shape index (κ2) is 18.0. The van der Waals surface area contributed by atoms with E-state index in [1.165, 1.54) is 57.8 Å². The molecule has 0 bridgehead atoms. The number of unbranched alkanes of at least 4 members (excludes halogenated alkanes) is 11. The normalized spacial score (nSPS) is 21.9. The summed E-state index contributed by atoms with van der Waals surface area (Å²) in [6.45, 7) is 7.99. The summed E-state index contributed by atoms with van der Waals surface area (Å²) in [5.41, 5.74) is 0.515. The highest BCUT2D eigenvalue weighted by molar-refractivity contribution is 7.48. The molecular weight excluding hydrogens is 499 g/mol. The van der Waals surface area contributed by atoms with Gasteiger partial charge < -0.3 is 4.74 Å². The van der Waals surface area contributed by atoms with Crippen molar-refractivity contribution in [1.29, 1.82) is 0 Å². The number of ether oxygens (including phenoxy) is 1. The molecule has 7 heteroatoms. The summed E-state index contributed by atoms with van der Waals surface area (Å²) in [5, 5.41) is 0. The van der Waals surface area contributed by atoms with Crippen molar-refractivity contribution in [2.75, 3.05) is 6.61 Å². The van der Waals surface area contributed by atoms with Gasteiger partial charge in [0.2, 0.25) is 6.29 Å². The Balaban J connectivity index is 1.55. The number of carbonyl (C=O) groups is 1. The number of phosphoric acid groups is 1. The topological polar surface area (TPSA) is 71.1 Å². The quantitative estimate of drug-likeness (QED) is 0.0561. The van der Waals surface area contributed by atoms with Crippen LogP contribution in [0.25, 0.3) is 0 Å². The fraction of sp³-hybridized carbons (Fsp3) is 0.710. The Bertz CT molecular complexity index is 853. The highest BCUT2D eigenvalue weighted by Gasteiger charge is 2.47. The van der Waals surface area contributed by atoms with Gasteiger partial charge in [-0.1, -0.05) is 115 Å². The molecule has 0 saturated carbocycles. The third-order valence-corrected chi connectivity index (χ3v) is 8.33. The van der Waals surface area contributed by atoms with Crippen LogP contribution in [0.5, 0.6) is 0 Å². The Morgan fingerprint density at radius 1 is 0.974 bits per heavy atom. The second-order valence-electron chi connectivity index (χ2n) is 11.1. The van der Waals surface area contributed by atoms with Gasteiger partial charge in [-0.05, 0) is 44.6 Å². The molecule has 1 fully saturated rings. The van der Waals surface area contributed by atoms with Crippen molar-refractivity contribution in [3.63, 3.8) is 0 Å². The van der Waals surface area contributed by atoms with E-state index in [0.29, 0.717) is 6.42 Å². The molecule has 0 N–H and O–H groups in total. The summed E-state index contributed by atoms with van der Waals surface area (Å²) >= 11 is 0. The highest BCUT2D eigenvalue weighted by Crippen LogP contribution is 2.62. The Hall–Kier alpha value is -1.46. The van der Waals surface area contributed by atoms with Gasteiger partial charge in [-0.3, -0.25) is 13.8 Å². The van der Waals surface area contributed by atoms with E-state index in [-0.39, 0.29) is 18.0 Å². The number of phosphoric ester groups is 1. The lowest BCUT2D eigenvalue weighted by atomic mass is 9.83. The number of rotatable bonds is 19. The molecule has 1 aromatic rings. The molecule has 216 valence electrons. The summed E-state index contributed by atoms with van der Waals surface area (Å²) in [5.74, 6) is -0.362. The van der Waals surface area contributed by atoms with Gasteiger partial charge in [0.15, 0.2) is 0 Å². The molecule has 0 amide bonds. The molecule has 2 rings (SSSR count). The van der Waals surface area contributed by atoms with Gasteiger partial charge in [0.05, 0.1) is 6.61 Å². The number of allylic oxidation sites excluding steroid dienone is 2. The number of hydrogen-bond donors (Lipinski definition) is 0. The lowest BCUT2D eigenvalue weighted by Gasteiger charge is -2.41. The Kier molecular flexibility index (Phi) is 15.5. The minimum atomic E-state index is -3.87. The molecule has 0 spiro atoms. The summed E-state index contributed by atoms with van der Waals surface area (Å²) < 4.78 is 35.3. The first-order valence-electron chi connectivity index (χ1n) is 14.8. The van der Waals surface area contributed by atoms with E-state index in [1.807, 2.05) is 44.2 Å². The predicted molar refractivity (Wildman–Crippen MR) is 154 cm³/mol. The van der Waals surface area contributed by atoms with Crippen molar-refractivity contribution in [1.82, 2.24) is 0 Å². The van der Waals surface area contributed by atoms with Crippen LogP contribution < -0.4 is 0 Å². The zero-order valence-corrected chi connectivity index (χ0v) is 25.1. The van der Waals surface area contributed by atoms with Crippen LogP contribution in [0.1, 0.15) is 129 Å². The second-order valence-corrected chi connectivity index (χ2v) is 12.7. The smallest absolute Gasteiger partial charge is 0.435 e. The largest absolute Gasteiger partial charge is 0.478 e. The highest BCUT2D eigenvalue weighted by atomic mass is 31.2. The Morgan fingerprint density at radius 3 is 2.18 bits per heavy atom. The molecule has 1 saturated heterocycles. The number of benzene rings is 1. The van der Waals surface area contributed by atoms with Gasteiger partial charge in [0.1, 0.15) is 6.10 Å². The summed E-state index contributed by atoms with van der Waals surface area (Å²) in [7, 11) is -3.87. The molecule has 1 aliphatic rings. The molecule has 0 aromatic heterocycles. The van der Waals surface area contributed by atoms with Crippen LogP contribution in [0.15, 0.2) is 42.5 Å². The van der Waals surface area contributed by atoms with E-state index < -0.39 is 20.2 Å². The zero-order chi connectivity index (χ0) is 27.7. The Labute approximate surface area is 231 Å². The summed E-state index contributed by atoms with van der Waals surface area (Å²) in [4.78, 5) is 12.2. The van der Waals surface area contributed by atoms with Crippen LogP contribution >= 0.6 is 7.82 Å². The molecule has 1 heterocycles. The molecule has 1 aliphatic heterocycles. The van der Waals surface area contributed by atoms with E-state index in [2.05, 4.69) is 19.1 Å². The number of carbonyl (C=O) groups excluding carboxylic acids is 1. The van der Waals surface area contributed by atoms with E-state index in [9.17, 15) is 9.36 Å². The van der Waals surface area contributed by atoms with Crippen LogP contribution in [0, 0.1) is 5.41 Å². The van der Waals surface area contributed by atoms with Gasteiger partial charge >= 0.3 is 13.8 Å². The van der Waals surface area contributed by atoms with Gasteiger partial charge in [0.25, 0.3) is 0 Å². The van der Waals surface area contributed by atoms with Crippen LogP contribution in [0.2, 0.25) is 0 Å². The van der Waals surface area contributed by atoms with Crippen molar-refractivity contribution >= 4 is 13.8 Å². The maximum absolute atomic E-state index is 13.1. The average molecular weight is 551 g/mol. The molecule has 3 unspecified atom stereocenters. The number of hydrogen-bond acceptors (Lipinski definition) is 6. The van der Waals surface area contributed by atoms with Gasteiger partial charge in [-0.2, -0.15) is 0 Å². The Morgan fingerprint density at radius 2 is 1.55 bits per heavy atom. The first-order valence-corrected chi connectivity index (χ1v) is 16.2. The van der Waals surface area contributed by atoms with Crippen LogP contribution in [-0.4, -0.2) is 18.9 Å². The van der Waals surface area contributed by atoms with Crippen LogP contribution in [0.4, 0.5) is 0 Å². The zero-order valence-electron chi connectivity index (χ0n) is 24.2. The minimum absolute atomic E-state index is 0.208. The third-order valence-electron chi connectivity index (χ3n) is 6.86. The molecule has 1 aromatic carbocycles. The predicted octanol–water partition coefficient (Wildman–Crippen LogP) is 9.85. The molecule has 0 radical (unpaired) electrons. The third kappa shape index (κ3) is 13.1. The first kappa shape index (κ1) is 32.8. The maximum atomic E-state index is 13.1. The summed E-state index contributed by atoms with van der Waals surface area (Å²) in [6, 6.07) is 9.60. The van der Waals surface area contributed by atoms with E-state index in [1.54, 1.807) is 6.92 Å². The summed E-state index contributed by atoms with van der Waals surface area (Å²) in [6.07, 6.45) is 19.2. The minimum Gasteiger partial charge on any atom is -0.435 e. The van der Waals surface area contributed by atoms with Crippen LogP contribution in [-0.2, 0) is 27.7 Å². The lowest BCUT2D eigenvalue weighted by Crippen LogP contribution is -2.34. The number of esters is 1. The van der Waals surface area contributed by atoms with Crippen molar-refractivity contribution in [2.24, 2.45) is 5.41 Å². The SMILES string of the molecule is CCCCCCCCC=CCCCCCCCC(=O)OC(C)OP1(=O)OCC(C)(C)C(c2ccccc2)O1. The van der Waals surface area contributed by atoms with Crippen molar-refractivity contribution in [3.8, 4) is 0 Å². The van der Waals surface area contributed by atoms with Gasteiger partial charge in [-0.25, -0.2) is 9.09 Å². The van der Waals surface area contributed by atoms with Crippen molar-refractivity contribution in [3.05, 3.63) is 48.0 Å². The molecular formula is C31H51O6P. The van der Waals surface area contributed by atoms with Gasteiger partial charge in [-0.15, -0.1) is 0 Å². The monoisotopic (exact) mass is 550 g/mol. The standard InChI is InChI=1S/C31H51O6P/c1-5-6-7-8-9-10-11-12-13-14-15-16-17-18-22-25-29(32)35-27(2)36-38(33)34-26-31(3,4)30(37-38)28-23-20-19-21-24-28/h12-13,19-21,23-24,27,30H,5-11,14-18,22,25-26H2,1-4H3. The molecule has 38 heavy (non-hydrogen) atoms. The van der Waals surface area contributed by atoms with E-state index in [4.69, 9.17) is 18.3 Å². The maximum Gasteiger partial charge on any atom is 0.478 e.